The van der Waals surface area contributed by atoms with Crippen molar-refractivity contribution in [3.8, 4) is 0 Å². The van der Waals surface area contributed by atoms with Crippen molar-refractivity contribution in [1.29, 1.82) is 0 Å². The van der Waals surface area contributed by atoms with Crippen molar-refractivity contribution in [3.05, 3.63) is 68.4 Å². The molecule has 2 aromatic rings. The van der Waals surface area contributed by atoms with Gasteiger partial charge in [-0.2, -0.15) is 0 Å². The molecule has 2 aromatic carbocycles. The number of hydrogen-bond acceptors (Lipinski definition) is 0. The van der Waals surface area contributed by atoms with Gasteiger partial charge < -0.3 is 0 Å². The van der Waals surface area contributed by atoms with Gasteiger partial charge >= 0.3 is 0 Å². The minimum atomic E-state index is -0.266. The third-order valence-corrected chi connectivity index (χ3v) is 4.27. The minimum absolute atomic E-state index is 0.214. The summed E-state index contributed by atoms with van der Waals surface area (Å²) in [7, 11) is 0. The molecule has 0 heterocycles. The highest BCUT2D eigenvalue weighted by Crippen LogP contribution is 2.36. The Kier molecular flexibility index (Phi) is 4.32. The molecule has 2 rings (SSSR count). The summed E-state index contributed by atoms with van der Waals surface area (Å²) in [6.45, 7) is 5.83. The summed E-state index contributed by atoms with van der Waals surface area (Å²) in [6.07, 6.45) is 0. The summed E-state index contributed by atoms with van der Waals surface area (Å²) < 4.78 is 14.4. The predicted octanol–water partition coefficient (Wildman–Crippen LogP) is 5.84. The van der Waals surface area contributed by atoms with Crippen molar-refractivity contribution >= 4 is 27.5 Å². The van der Waals surface area contributed by atoms with Crippen molar-refractivity contribution in [2.24, 2.45) is 0 Å². The highest BCUT2D eigenvalue weighted by atomic mass is 79.9. The molecule has 0 aliphatic carbocycles. The lowest BCUT2D eigenvalue weighted by atomic mass is 9.93. The van der Waals surface area contributed by atoms with Crippen LogP contribution in [-0.2, 0) is 0 Å². The first-order valence-corrected chi connectivity index (χ1v) is 7.30. The Morgan fingerprint density at radius 1 is 1.00 bits per heavy atom. The average molecular weight is 342 g/mol. The van der Waals surface area contributed by atoms with E-state index in [4.69, 9.17) is 11.6 Å². The third-order valence-electron chi connectivity index (χ3n) is 3.33. The van der Waals surface area contributed by atoms with Gasteiger partial charge in [0.05, 0.1) is 5.38 Å². The van der Waals surface area contributed by atoms with Gasteiger partial charge in [0.25, 0.3) is 0 Å². The second kappa shape index (κ2) is 5.64. The first-order chi connectivity index (χ1) is 8.90. The van der Waals surface area contributed by atoms with E-state index in [2.05, 4.69) is 15.9 Å². The molecule has 0 aliphatic rings. The second-order valence-corrected chi connectivity index (χ2v) is 6.17. The van der Waals surface area contributed by atoms with Crippen LogP contribution in [-0.4, -0.2) is 0 Å². The molecule has 0 amide bonds. The van der Waals surface area contributed by atoms with E-state index in [1.54, 1.807) is 0 Å². The van der Waals surface area contributed by atoms with Gasteiger partial charge in [0, 0.05) is 4.47 Å². The Bertz CT molecular complexity index is 599. The molecule has 0 spiro atoms. The van der Waals surface area contributed by atoms with Crippen molar-refractivity contribution in [1.82, 2.24) is 0 Å². The van der Waals surface area contributed by atoms with E-state index in [-0.39, 0.29) is 11.2 Å². The fourth-order valence-corrected chi connectivity index (χ4v) is 3.32. The predicted molar refractivity (Wildman–Crippen MR) is 82.4 cm³/mol. The van der Waals surface area contributed by atoms with Crippen LogP contribution >= 0.6 is 27.5 Å². The Balaban J connectivity index is 2.56. The molecule has 0 saturated heterocycles. The fraction of sp³-hybridized carbons (Fsp3) is 0.250. The van der Waals surface area contributed by atoms with Crippen LogP contribution < -0.4 is 0 Å². The number of rotatable bonds is 2. The van der Waals surface area contributed by atoms with Gasteiger partial charge in [-0.15, -0.1) is 11.6 Å². The maximum atomic E-state index is 13.4. The highest BCUT2D eigenvalue weighted by molar-refractivity contribution is 9.10. The Morgan fingerprint density at radius 3 is 2.16 bits per heavy atom. The van der Waals surface area contributed by atoms with Crippen molar-refractivity contribution in [3.63, 3.8) is 0 Å². The van der Waals surface area contributed by atoms with Gasteiger partial charge in [-0.1, -0.05) is 22.0 Å². The lowest BCUT2D eigenvalue weighted by Crippen LogP contribution is -2.02. The molecular formula is C16H15BrClF. The zero-order valence-corrected chi connectivity index (χ0v) is 13.4. The van der Waals surface area contributed by atoms with Crippen LogP contribution in [0.15, 0.2) is 34.8 Å². The van der Waals surface area contributed by atoms with Crippen LogP contribution in [0.4, 0.5) is 4.39 Å². The zero-order valence-electron chi connectivity index (χ0n) is 11.1. The molecular weight excluding hydrogens is 327 g/mol. The summed E-state index contributed by atoms with van der Waals surface area (Å²) in [6, 6.07) is 9.11. The summed E-state index contributed by atoms with van der Waals surface area (Å²) in [4.78, 5) is 0. The zero-order chi connectivity index (χ0) is 14.2. The van der Waals surface area contributed by atoms with Gasteiger partial charge in [-0.25, -0.2) is 4.39 Å². The monoisotopic (exact) mass is 340 g/mol. The summed E-state index contributed by atoms with van der Waals surface area (Å²) in [5.74, 6) is -0.214. The Hall–Kier alpha value is -0.860. The molecule has 0 aromatic heterocycles. The van der Waals surface area contributed by atoms with Crippen LogP contribution in [0.25, 0.3) is 0 Å². The smallest absolute Gasteiger partial charge is 0.123 e. The topological polar surface area (TPSA) is 0 Å². The van der Waals surface area contributed by atoms with Gasteiger partial charge in [-0.3, -0.25) is 0 Å². The number of benzene rings is 2. The number of halogens is 3. The molecule has 0 bridgehead atoms. The standard InChI is InChI=1S/C16H15BrClF/c1-9-4-5-12(17)8-14(9)16(18)15-10(2)6-13(19)7-11(15)3/h4-8,16H,1-3H3. The summed E-state index contributed by atoms with van der Waals surface area (Å²) >= 11 is 10.1. The molecule has 3 heteroatoms. The maximum Gasteiger partial charge on any atom is 0.123 e. The molecule has 0 aliphatic heterocycles. The van der Waals surface area contributed by atoms with Crippen LogP contribution in [0.3, 0.4) is 0 Å². The van der Waals surface area contributed by atoms with Crippen LogP contribution in [0.2, 0.25) is 0 Å². The van der Waals surface area contributed by atoms with Crippen molar-refractivity contribution in [2.45, 2.75) is 26.1 Å². The molecule has 1 atom stereocenters. The maximum absolute atomic E-state index is 13.4. The molecule has 0 N–H and O–H groups in total. The molecule has 0 nitrogen and oxygen atoms in total. The summed E-state index contributed by atoms with van der Waals surface area (Å²) in [5, 5.41) is -0.266. The van der Waals surface area contributed by atoms with E-state index in [1.807, 2.05) is 39.0 Å². The van der Waals surface area contributed by atoms with E-state index in [0.29, 0.717) is 0 Å². The van der Waals surface area contributed by atoms with Gasteiger partial charge in [0.1, 0.15) is 5.82 Å². The fourth-order valence-electron chi connectivity index (χ4n) is 2.36. The number of aryl methyl sites for hydroxylation is 3. The molecule has 19 heavy (non-hydrogen) atoms. The van der Waals surface area contributed by atoms with E-state index in [9.17, 15) is 4.39 Å². The van der Waals surface area contributed by atoms with Gasteiger partial charge in [0.15, 0.2) is 0 Å². The third kappa shape index (κ3) is 3.01. The first-order valence-electron chi connectivity index (χ1n) is 6.07. The summed E-state index contributed by atoms with van der Waals surface area (Å²) in [5.41, 5.74) is 4.94. The molecule has 1 unspecified atom stereocenters. The second-order valence-electron chi connectivity index (χ2n) is 4.82. The Morgan fingerprint density at radius 2 is 1.58 bits per heavy atom. The molecule has 0 fully saturated rings. The SMILES string of the molecule is Cc1ccc(Br)cc1C(Cl)c1c(C)cc(F)cc1C. The molecule has 0 radical (unpaired) electrons. The van der Waals surface area contributed by atoms with Gasteiger partial charge in [-0.05, 0) is 72.9 Å². The average Bonchev–Trinajstić information content (AvgIpc) is 2.30. The number of hydrogen-bond donors (Lipinski definition) is 0. The van der Waals surface area contributed by atoms with Crippen LogP contribution in [0.1, 0.15) is 33.2 Å². The molecule has 100 valence electrons. The first kappa shape index (κ1) is 14.5. The highest BCUT2D eigenvalue weighted by Gasteiger charge is 2.18. The van der Waals surface area contributed by atoms with Gasteiger partial charge in [0.2, 0.25) is 0 Å². The number of alkyl halides is 1. The van der Waals surface area contributed by atoms with E-state index in [1.165, 1.54) is 12.1 Å². The Labute approximate surface area is 126 Å². The van der Waals surface area contributed by atoms with Crippen molar-refractivity contribution in [2.75, 3.05) is 0 Å². The van der Waals surface area contributed by atoms with Crippen LogP contribution in [0, 0.1) is 26.6 Å². The van der Waals surface area contributed by atoms with E-state index < -0.39 is 0 Å². The van der Waals surface area contributed by atoms with Crippen molar-refractivity contribution < 1.29 is 4.39 Å². The largest absolute Gasteiger partial charge is 0.207 e. The van der Waals surface area contributed by atoms with E-state index in [0.717, 1.165) is 32.3 Å². The quantitative estimate of drug-likeness (QED) is 0.602. The lowest BCUT2D eigenvalue weighted by molar-refractivity contribution is 0.624. The van der Waals surface area contributed by atoms with Crippen LogP contribution in [0.5, 0.6) is 0 Å². The minimum Gasteiger partial charge on any atom is -0.207 e. The lowest BCUT2D eigenvalue weighted by Gasteiger charge is -2.18. The normalized spacial score (nSPS) is 12.5. The molecule has 0 saturated carbocycles. The van der Waals surface area contributed by atoms with E-state index >= 15 is 0 Å².